The van der Waals surface area contributed by atoms with Crippen molar-refractivity contribution in [2.75, 3.05) is 0 Å². The molecule has 0 aliphatic carbocycles. The SMILES string of the molecule is Cc1oc(=O)oc1OOC(=O)N=C(N)c1ccc(C(C)(C)C)cc1. The van der Waals surface area contributed by atoms with Crippen molar-refractivity contribution in [2.24, 2.45) is 10.7 Å². The summed E-state index contributed by atoms with van der Waals surface area (Å²) in [6.45, 7) is 7.67. The Hall–Kier alpha value is -3.03. The third kappa shape index (κ3) is 4.25. The molecule has 0 fully saturated rings. The van der Waals surface area contributed by atoms with E-state index in [1.54, 1.807) is 12.1 Å². The number of amides is 1. The van der Waals surface area contributed by atoms with Gasteiger partial charge in [-0.3, -0.25) is 0 Å². The van der Waals surface area contributed by atoms with Crippen molar-refractivity contribution in [3.05, 3.63) is 51.8 Å². The summed E-state index contributed by atoms with van der Waals surface area (Å²) in [5.74, 6) is -1.34. The van der Waals surface area contributed by atoms with Crippen molar-refractivity contribution in [3.8, 4) is 5.95 Å². The van der Waals surface area contributed by atoms with Crippen LogP contribution < -0.4 is 16.4 Å². The highest BCUT2D eigenvalue weighted by atomic mass is 17.2. The number of amidine groups is 1. The molecule has 8 nitrogen and oxygen atoms in total. The van der Waals surface area contributed by atoms with E-state index in [2.05, 4.69) is 44.4 Å². The van der Waals surface area contributed by atoms with Gasteiger partial charge in [0.05, 0.1) is 0 Å². The minimum Gasteiger partial charge on any atom is -0.392 e. The van der Waals surface area contributed by atoms with Crippen LogP contribution in [0.15, 0.2) is 42.9 Å². The van der Waals surface area contributed by atoms with Gasteiger partial charge in [0, 0.05) is 12.5 Å². The average Bonchev–Trinajstić information content (AvgIpc) is 2.82. The van der Waals surface area contributed by atoms with Gasteiger partial charge in [-0.1, -0.05) is 45.0 Å². The Morgan fingerprint density at radius 3 is 2.29 bits per heavy atom. The summed E-state index contributed by atoms with van der Waals surface area (Å²) in [5.41, 5.74) is 7.45. The summed E-state index contributed by atoms with van der Waals surface area (Å²) in [6, 6.07) is 7.33. The van der Waals surface area contributed by atoms with E-state index in [-0.39, 0.29) is 23.0 Å². The highest BCUT2D eigenvalue weighted by molar-refractivity contribution is 6.02. The van der Waals surface area contributed by atoms with Gasteiger partial charge in [-0.05, 0) is 11.0 Å². The molecular formula is C16H18N2O6. The van der Waals surface area contributed by atoms with Crippen LogP contribution in [0.25, 0.3) is 0 Å². The molecule has 0 aliphatic heterocycles. The van der Waals surface area contributed by atoms with E-state index < -0.39 is 11.9 Å². The lowest BCUT2D eigenvalue weighted by atomic mass is 9.87. The molecule has 0 bridgehead atoms. The Labute approximate surface area is 137 Å². The summed E-state index contributed by atoms with van der Waals surface area (Å²) in [4.78, 5) is 34.9. The van der Waals surface area contributed by atoms with Crippen LogP contribution in [0.5, 0.6) is 5.95 Å². The number of nitrogens with two attached hydrogens (primary N) is 1. The molecule has 0 atom stereocenters. The first-order valence-electron chi connectivity index (χ1n) is 7.11. The van der Waals surface area contributed by atoms with Gasteiger partial charge in [0.2, 0.25) is 0 Å². The van der Waals surface area contributed by atoms with Crippen molar-refractivity contribution in [2.45, 2.75) is 33.1 Å². The fourth-order valence-electron chi connectivity index (χ4n) is 1.81. The van der Waals surface area contributed by atoms with Crippen LogP contribution in [0.1, 0.15) is 37.7 Å². The zero-order chi connectivity index (χ0) is 17.9. The van der Waals surface area contributed by atoms with Crippen molar-refractivity contribution >= 4 is 11.9 Å². The molecule has 0 spiro atoms. The van der Waals surface area contributed by atoms with E-state index in [9.17, 15) is 9.59 Å². The first kappa shape index (κ1) is 17.3. The summed E-state index contributed by atoms with van der Waals surface area (Å²) in [5, 5.41) is 0. The highest BCUT2D eigenvalue weighted by Crippen LogP contribution is 2.22. The molecule has 1 heterocycles. The quantitative estimate of drug-likeness (QED) is 0.397. The topological polar surface area (TPSA) is 117 Å². The zero-order valence-corrected chi connectivity index (χ0v) is 13.8. The largest absolute Gasteiger partial charge is 0.521 e. The number of nitrogens with zero attached hydrogens (tertiary/aromatic N) is 1. The zero-order valence-electron chi connectivity index (χ0n) is 13.8. The number of rotatable bonds is 3. The number of carbonyl (C=O) groups excluding carboxylic acids is 1. The summed E-state index contributed by atoms with van der Waals surface area (Å²) < 4.78 is 9.03. The number of hydrogen-bond acceptors (Lipinski definition) is 6. The summed E-state index contributed by atoms with van der Waals surface area (Å²) >= 11 is 0. The molecule has 2 rings (SSSR count). The molecule has 1 aromatic heterocycles. The molecule has 128 valence electrons. The second kappa shape index (κ2) is 6.61. The first-order chi connectivity index (χ1) is 11.2. The van der Waals surface area contributed by atoms with Gasteiger partial charge < -0.3 is 14.6 Å². The molecule has 24 heavy (non-hydrogen) atoms. The van der Waals surface area contributed by atoms with Crippen LogP contribution in [0.3, 0.4) is 0 Å². The standard InChI is InChI=1S/C16H18N2O6/c1-9-13(22-15(20)21-9)23-24-14(19)18-12(17)10-5-7-11(8-6-10)16(2,3)4/h5-8H,1-4H3,(H2,17,18,19). The van der Waals surface area contributed by atoms with Crippen LogP contribution >= 0.6 is 0 Å². The van der Waals surface area contributed by atoms with E-state index >= 15 is 0 Å². The van der Waals surface area contributed by atoms with Crippen LogP contribution in [0.4, 0.5) is 4.79 Å². The van der Waals surface area contributed by atoms with Crippen LogP contribution in [0.2, 0.25) is 0 Å². The van der Waals surface area contributed by atoms with Crippen LogP contribution in [-0.2, 0) is 10.3 Å². The van der Waals surface area contributed by atoms with Crippen molar-refractivity contribution in [3.63, 3.8) is 0 Å². The Bertz CT molecular complexity index is 808. The summed E-state index contributed by atoms with van der Waals surface area (Å²) in [6.07, 6.45) is -1.10. The molecule has 2 N–H and O–H groups in total. The maximum Gasteiger partial charge on any atom is 0.521 e. The van der Waals surface area contributed by atoms with Crippen LogP contribution in [0, 0.1) is 6.92 Å². The maximum atomic E-state index is 11.6. The maximum absolute atomic E-state index is 11.6. The van der Waals surface area contributed by atoms with Gasteiger partial charge in [0.1, 0.15) is 5.84 Å². The molecular weight excluding hydrogens is 316 g/mol. The molecule has 1 amide bonds. The first-order valence-corrected chi connectivity index (χ1v) is 7.11. The third-order valence-electron chi connectivity index (χ3n) is 3.15. The lowest BCUT2D eigenvalue weighted by Gasteiger charge is -2.19. The second-order valence-electron chi connectivity index (χ2n) is 6.05. The highest BCUT2D eigenvalue weighted by Gasteiger charge is 2.15. The molecule has 0 aliphatic rings. The van der Waals surface area contributed by atoms with Crippen molar-refractivity contribution < 1.29 is 23.4 Å². The number of benzene rings is 1. The fourth-order valence-corrected chi connectivity index (χ4v) is 1.81. The van der Waals surface area contributed by atoms with Gasteiger partial charge in [-0.15, -0.1) is 0 Å². The van der Waals surface area contributed by atoms with Gasteiger partial charge in [0.25, 0.3) is 0 Å². The van der Waals surface area contributed by atoms with E-state index in [1.165, 1.54) is 6.92 Å². The lowest BCUT2D eigenvalue weighted by Crippen LogP contribution is -2.18. The molecule has 0 saturated heterocycles. The Kier molecular flexibility index (Phi) is 4.77. The second-order valence-corrected chi connectivity index (χ2v) is 6.05. The summed E-state index contributed by atoms with van der Waals surface area (Å²) in [7, 11) is 0. The van der Waals surface area contributed by atoms with Crippen molar-refractivity contribution in [1.29, 1.82) is 0 Å². The molecule has 0 unspecified atom stereocenters. The van der Waals surface area contributed by atoms with Gasteiger partial charge in [-0.2, -0.15) is 4.99 Å². The monoisotopic (exact) mass is 334 g/mol. The Balaban J connectivity index is 2.03. The predicted molar refractivity (Wildman–Crippen MR) is 85.0 cm³/mol. The van der Waals surface area contributed by atoms with Crippen LogP contribution in [-0.4, -0.2) is 11.9 Å². The fraction of sp³-hybridized carbons (Fsp3) is 0.312. The van der Waals surface area contributed by atoms with E-state index in [0.29, 0.717) is 5.56 Å². The molecule has 2 aromatic rings. The molecule has 0 radical (unpaired) electrons. The van der Waals surface area contributed by atoms with Gasteiger partial charge >= 0.3 is 17.9 Å². The smallest absolute Gasteiger partial charge is 0.392 e. The average molecular weight is 334 g/mol. The number of aliphatic imine (C=N–C) groups is 1. The predicted octanol–water partition coefficient (Wildman–Crippen LogP) is 2.67. The molecule has 8 heteroatoms. The number of aryl methyl sites for hydroxylation is 1. The van der Waals surface area contributed by atoms with Gasteiger partial charge in [0.15, 0.2) is 5.76 Å². The lowest BCUT2D eigenvalue weighted by molar-refractivity contribution is -0.155. The van der Waals surface area contributed by atoms with Gasteiger partial charge in [-0.25, -0.2) is 19.4 Å². The van der Waals surface area contributed by atoms with E-state index in [4.69, 9.17) is 5.73 Å². The normalized spacial score (nSPS) is 12.1. The minimum atomic E-state index is -1.10. The molecule has 1 aromatic carbocycles. The van der Waals surface area contributed by atoms with Crippen molar-refractivity contribution in [1.82, 2.24) is 0 Å². The third-order valence-corrected chi connectivity index (χ3v) is 3.15. The Morgan fingerprint density at radius 1 is 1.17 bits per heavy atom. The molecule has 0 saturated carbocycles. The number of hydrogen-bond donors (Lipinski definition) is 1. The Morgan fingerprint density at radius 2 is 1.79 bits per heavy atom. The van der Waals surface area contributed by atoms with E-state index in [1.807, 2.05) is 12.1 Å². The number of carbonyl (C=O) groups is 1. The van der Waals surface area contributed by atoms with E-state index in [0.717, 1.165) is 5.56 Å². The minimum absolute atomic E-state index is 0.00355.